The Morgan fingerprint density at radius 1 is 1.15 bits per heavy atom. The topological polar surface area (TPSA) is 26.0 Å². The molecule has 1 saturated carbocycles. The van der Waals surface area contributed by atoms with Crippen LogP contribution in [0.25, 0.3) is 0 Å². The number of nitrogens with two attached hydrogens (primary N) is 1. The van der Waals surface area contributed by atoms with E-state index in [0.29, 0.717) is 12.0 Å². The fraction of sp³-hybridized carbons (Fsp3) is 0.684. The van der Waals surface area contributed by atoms with E-state index < -0.39 is 0 Å². The van der Waals surface area contributed by atoms with Crippen molar-refractivity contribution in [2.24, 2.45) is 23.0 Å². The lowest BCUT2D eigenvalue weighted by molar-refractivity contribution is 0.113. The highest BCUT2D eigenvalue weighted by Crippen LogP contribution is 2.42. The van der Waals surface area contributed by atoms with Crippen molar-refractivity contribution in [2.45, 2.75) is 66.3 Å². The highest BCUT2D eigenvalue weighted by Gasteiger charge is 2.37. The Labute approximate surface area is 125 Å². The van der Waals surface area contributed by atoms with Gasteiger partial charge in [-0.3, -0.25) is 0 Å². The standard InChI is InChI=1S/C19H31N/c1-13-9-10-17(18(20)11-13)19(4,5)12-16-14(2)7-6-8-15(16)3/h6-8,13,17-18H,9-12,20H2,1-5H3. The zero-order chi connectivity index (χ0) is 14.9. The second kappa shape index (κ2) is 5.89. The highest BCUT2D eigenvalue weighted by molar-refractivity contribution is 5.34. The molecule has 20 heavy (non-hydrogen) atoms. The number of aryl methyl sites for hydroxylation is 2. The molecule has 2 N–H and O–H groups in total. The first kappa shape index (κ1) is 15.6. The first-order valence-electron chi connectivity index (χ1n) is 8.12. The quantitative estimate of drug-likeness (QED) is 0.853. The highest BCUT2D eigenvalue weighted by atomic mass is 14.7. The van der Waals surface area contributed by atoms with Gasteiger partial charge in [0, 0.05) is 6.04 Å². The van der Waals surface area contributed by atoms with E-state index in [1.165, 1.54) is 36.0 Å². The van der Waals surface area contributed by atoms with Gasteiger partial charge in [0.2, 0.25) is 0 Å². The lowest BCUT2D eigenvalue weighted by Crippen LogP contribution is -2.44. The molecule has 0 radical (unpaired) electrons. The molecule has 0 aromatic heterocycles. The lowest BCUT2D eigenvalue weighted by Gasteiger charge is -2.43. The smallest absolute Gasteiger partial charge is 0.00749 e. The summed E-state index contributed by atoms with van der Waals surface area (Å²) in [5.41, 5.74) is 11.2. The van der Waals surface area contributed by atoms with Crippen LogP contribution in [0.5, 0.6) is 0 Å². The number of rotatable bonds is 3. The maximum Gasteiger partial charge on any atom is 0.00749 e. The maximum atomic E-state index is 6.49. The second-order valence-electron chi connectivity index (χ2n) is 7.72. The van der Waals surface area contributed by atoms with Crippen LogP contribution in [0.2, 0.25) is 0 Å². The van der Waals surface area contributed by atoms with E-state index in [-0.39, 0.29) is 5.41 Å². The van der Waals surface area contributed by atoms with Gasteiger partial charge in [0.1, 0.15) is 0 Å². The van der Waals surface area contributed by atoms with Gasteiger partial charge < -0.3 is 5.73 Å². The molecule has 1 heteroatoms. The summed E-state index contributed by atoms with van der Waals surface area (Å²) >= 11 is 0. The molecule has 0 aliphatic heterocycles. The van der Waals surface area contributed by atoms with Crippen molar-refractivity contribution in [1.29, 1.82) is 0 Å². The summed E-state index contributed by atoms with van der Waals surface area (Å²) in [5.74, 6) is 1.45. The molecule has 0 amide bonds. The van der Waals surface area contributed by atoms with E-state index in [4.69, 9.17) is 5.73 Å². The Bertz CT molecular complexity index is 441. The predicted octanol–water partition coefficient (Wildman–Crippen LogP) is 4.64. The van der Waals surface area contributed by atoms with Crippen LogP contribution in [-0.4, -0.2) is 6.04 Å². The Hall–Kier alpha value is -0.820. The lowest BCUT2D eigenvalue weighted by atomic mass is 9.64. The molecule has 1 aliphatic rings. The van der Waals surface area contributed by atoms with Gasteiger partial charge in [0.15, 0.2) is 0 Å². The minimum Gasteiger partial charge on any atom is -0.327 e. The van der Waals surface area contributed by atoms with Gasteiger partial charge in [-0.2, -0.15) is 0 Å². The Balaban J connectivity index is 2.18. The summed E-state index contributed by atoms with van der Waals surface area (Å²) in [5, 5.41) is 0. The van der Waals surface area contributed by atoms with E-state index in [2.05, 4.69) is 52.8 Å². The molecule has 0 saturated heterocycles. The molecule has 2 rings (SSSR count). The van der Waals surface area contributed by atoms with Crippen molar-refractivity contribution in [3.05, 3.63) is 34.9 Å². The van der Waals surface area contributed by atoms with E-state index in [1.807, 2.05) is 0 Å². The molecule has 1 aromatic carbocycles. The summed E-state index contributed by atoms with van der Waals surface area (Å²) in [6, 6.07) is 7.01. The van der Waals surface area contributed by atoms with Crippen LogP contribution in [0.1, 0.15) is 56.7 Å². The van der Waals surface area contributed by atoms with Gasteiger partial charge >= 0.3 is 0 Å². The van der Waals surface area contributed by atoms with E-state index in [9.17, 15) is 0 Å². The van der Waals surface area contributed by atoms with Crippen LogP contribution < -0.4 is 5.73 Å². The number of hydrogen-bond acceptors (Lipinski definition) is 1. The van der Waals surface area contributed by atoms with E-state index in [0.717, 1.165) is 12.3 Å². The number of benzene rings is 1. The van der Waals surface area contributed by atoms with Gasteiger partial charge in [-0.1, -0.05) is 45.4 Å². The molecule has 1 aromatic rings. The zero-order valence-corrected chi connectivity index (χ0v) is 13.9. The predicted molar refractivity (Wildman–Crippen MR) is 87.9 cm³/mol. The summed E-state index contributed by atoms with van der Waals surface area (Å²) in [4.78, 5) is 0. The van der Waals surface area contributed by atoms with Crippen molar-refractivity contribution < 1.29 is 0 Å². The molecule has 112 valence electrons. The second-order valence-corrected chi connectivity index (χ2v) is 7.72. The van der Waals surface area contributed by atoms with Crippen molar-refractivity contribution in [3.63, 3.8) is 0 Å². The van der Waals surface area contributed by atoms with Crippen molar-refractivity contribution in [1.82, 2.24) is 0 Å². The van der Waals surface area contributed by atoms with Crippen LogP contribution in [0.15, 0.2) is 18.2 Å². The van der Waals surface area contributed by atoms with Crippen LogP contribution in [0.4, 0.5) is 0 Å². The largest absolute Gasteiger partial charge is 0.327 e. The summed E-state index contributed by atoms with van der Waals surface area (Å²) in [7, 11) is 0. The number of hydrogen-bond donors (Lipinski definition) is 1. The summed E-state index contributed by atoms with van der Waals surface area (Å²) in [6.45, 7) is 11.6. The van der Waals surface area contributed by atoms with Crippen LogP contribution in [-0.2, 0) is 6.42 Å². The summed E-state index contributed by atoms with van der Waals surface area (Å²) in [6.07, 6.45) is 4.98. The van der Waals surface area contributed by atoms with Gasteiger partial charge in [-0.25, -0.2) is 0 Å². The molecule has 3 atom stereocenters. The third-order valence-electron chi connectivity index (χ3n) is 5.44. The molecule has 0 heterocycles. The minimum absolute atomic E-state index is 0.288. The molecular formula is C19H31N. The third-order valence-corrected chi connectivity index (χ3v) is 5.44. The Morgan fingerprint density at radius 2 is 1.75 bits per heavy atom. The first-order chi connectivity index (χ1) is 9.31. The molecular weight excluding hydrogens is 242 g/mol. The molecule has 0 spiro atoms. The average Bonchev–Trinajstić information content (AvgIpc) is 2.33. The average molecular weight is 273 g/mol. The van der Waals surface area contributed by atoms with Crippen LogP contribution >= 0.6 is 0 Å². The zero-order valence-electron chi connectivity index (χ0n) is 13.9. The van der Waals surface area contributed by atoms with Crippen molar-refractivity contribution in [3.8, 4) is 0 Å². The van der Waals surface area contributed by atoms with E-state index >= 15 is 0 Å². The SMILES string of the molecule is Cc1cccc(C)c1CC(C)(C)C1CCC(C)CC1N. The van der Waals surface area contributed by atoms with Gasteiger partial charge in [0.25, 0.3) is 0 Å². The minimum atomic E-state index is 0.288. The normalized spacial score (nSPS) is 27.6. The van der Waals surface area contributed by atoms with Gasteiger partial charge in [-0.05, 0) is 67.1 Å². The monoisotopic (exact) mass is 273 g/mol. The molecule has 1 aliphatic carbocycles. The maximum absolute atomic E-state index is 6.49. The van der Waals surface area contributed by atoms with Gasteiger partial charge in [0.05, 0.1) is 0 Å². The Kier molecular flexibility index (Phi) is 4.59. The Morgan fingerprint density at radius 3 is 2.30 bits per heavy atom. The van der Waals surface area contributed by atoms with E-state index in [1.54, 1.807) is 0 Å². The van der Waals surface area contributed by atoms with Crippen LogP contribution in [0.3, 0.4) is 0 Å². The molecule has 3 unspecified atom stereocenters. The fourth-order valence-corrected chi connectivity index (χ4v) is 4.11. The molecule has 1 nitrogen and oxygen atoms in total. The molecule has 1 fully saturated rings. The first-order valence-corrected chi connectivity index (χ1v) is 8.12. The van der Waals surface area contributed by atoms with Crippen molar-refractivity contribution in [2.75, 3.05) is 0 Å². The third kappa shape index (κ3) is 3.25. The summed E-state index contributed by atoms with van der Waals surface area (Å²) < 4.78 is 0. The van der Waals surface area contributed by atoms with Crippen LogP contribution in [0, 0.1) is 31.1 Å². The molecule has 0 bridgehead atoms. The van der Waals surface area contributed by atoms with Gasteiger partial charge in [-0.15, -0.1) is 0 Å². The fourth-order valence-electron chi connectivity index (χ4n) is 4.11. The van der Waals surface area contributed by atoms with Crippen molar-refractivity contribution >= 4 is 0 Å².